The number of aromatic nitrogens is 1. The first-order valence-corrected chi connectivity index (χ1v) is 6.40. The Labute approximate surface area is 123 Å². The van der Waals surface area contributed by atoms with E-state index in [4.69, 9.17) is 16.9 Å². The third kappa shape index (κ3) is 3.11. The molecule has 0 aliphatic carbocycles. The molecule has 0 saturated carbocycles. The van der Waals surface area contributed by atoms with Gasteiger partial charge in [0.05, 0.1) is 27.9 Å². The van der Waals surface area contributed by atoms with Crippen molar-refractivity contribution in [2.45, 2.75) is 0 Å². The van der Waals surface area contributed by atoms with Gasteiger partial charge in [-0.25, -0.2) is 4.98 Å². The average molecular weight is 337 g/mol. The van der Waals surface area contributed by atoms with Gasteiger partial charge in [0.1, 0.15) is 4.60 Å². The van der Waals surface area contributed by atoms with Crippen molar-refractivity contribution in [2.24, 2.45) is 0 Å². The molecule has 0 fully saturated rings. The van der Waals surface area contributed by atoms with Crippen LogP contribution in [0.15, 0.2) is 41.1 Å². The van der Waals surface area contributed by atoms with Crippen molar-refractivity contribution in [1.29, 1.82) is 5.26 Å². The molecule has 1 amide bonds. The fraction of sp³-hybridized carbons (Fsp3) is 0. The van der Waals surface area contributed by atoms with Crippen LogP contribution in [0.2, 0.25) is 5.02 Å². The van der Waals surface area contributed by atoms with Gasteiger partial charge in [0.25, 0.3) is 5.91 Å². The predicted octanol–water partition coefficient (Wildman–Crippen LogP) is 3.62. The van der Waals surface area contributed by atoms with E-state index in [1.165, 1.54) is 6.07 Å². The largest absolute Gasteiger partial charge is 0.321 e. The van der Waals surface area contributed by atoms with Crippen LogP contribution in [0.1, 0.15) is 15.9 Å². The van der Waals surface area contributed by atoms with Gasteiger partial charge < -0.3 is 5.32 Å². The van der Waals surface area contributed by atoms with Crippen LogP contribution in [-0.4, -0.2) is 10.9 Å². The second-order valence-electron chi connectivity index (χ2n) is 3.60. The van der Waals surface area contributed by atoms with E-state index in [9.17, 15) is 4.79 Å². The van der Waals surface area contributed by atoms with Gasteiger partial charge in [0.15, 0.2) is 0 Å². The number of hydrogen-bond donors (Lipinski definition) is 1. The number of benzene rings is 1. The molecule has 1 aromatic heterocycles. The summed E-state index contributed by atoms with van der Waals surface area (Å²) >= 11 is 9.19. The van der Waals surface area contributed by atoms with Crippen LogP contribution in [0, 0.1) is 11.3 Å². The van der Waals surface area contributed by atoms with Crippen molar-refractivity contribution in [3.8, 4) is 6.07 Å². The molecule has 6 heteroatoms. The molecule has 1 N–H and O–H groups in total. The minimum atomic E-state index is -0.327. The second-order valence-corrected chi connectivity index (χ2v) is 4.76. The van der Waals surface area contributed by atoms with Gasteiger partial charge in [-0.2, -0.15) is 5.26 Å². The molecular formula is C13H7BrClN3O. The van der Waals surface area contributed by atoms with Crippen molar-refractivity contribution in [3.05, 3.63) is 57.3 Å². The lowest BCUT2D eigenvalue weighted by Gasteiger charge is -2.08. The van der Waals surface area contributed by atoms with Crippen LogP contribution in [0.25, 0.3) is 0 Å². The number of nitriles is 1. The Kier molecular flexibility index (Phi) is 4.15. The summed E-state index contributed by atoms with van der Waals surface area (Å²) in [5, 5.41) is 11.7. The highest BCUT2D eigenvalue weighted by Gasteiger charge is 2.12. The van der Waals surface area contributed by atoms with Gasteiger partial charge in [-0.15, -0.1) is 0 Å². The maximum atomic E-state index is 12.0. The fourth-order valence-corrected chi connectivity index (χ4v) is 2.09. The Morgan fingerprint density at radius 2 is 2.21 bits per heavy atom. The third-order valence-corrected chi connectivity index (χ3v) is 3.29. The average Bonchev–Trinajstić information content (AvgIpc) is 2.41. The predicted molar refractivity (Wildman–Crippen MR) is 76.1 cm³/mol. The monoisotopic (exact) mass is 335 g/mol. The van der Waals surface area contributed by atoms with Gasteiger partial charge in [0, 0.05) is 6.20 Å². The van der Waals surface area contributed by atoms with E-state index < -0.39 is 0 Å². The second kappa shape index (κ2) is 5.83. The molecule has 0 radical (unpaired) electrons. The lowest BCUT2D eigenvalue weighted by atomic mass is 10.2. The van der Waals surface area contributed by atoms with E-state index in [1.54, 1.807) is 30.5 Å². The summed E-state index contributed by atoms with van der Waals surface area (Å²) in [7, 11) is 0. The molecule has 0 unspecified atom stereocenters. The number of carbonyl (C=O) groups excluding carboxylic acids is 1. The van der Waals surface area contributed by atoms with Gasteiger partial charge in [-0.1, -0.05) is 11.6 Å². The maximum Gasteiger partial charge on any atom is 0.258 e. The number of pyridine rings is 1. The summed E-state index contributed by atoms with van der Waals surface area (Å²) in [5.74, 6) is -0.327. The Morgan fingerprint density at radius 3 is 2.84 bits per heavy atom. The molecule has 2 aromatic rings. The normalized spacial score (nSPS) is 9.74. The number of nitrogens with zero attached hydrogens (tertiary/aromatic N) is 2. The first-order chi connectivity index (χ1) is 9.11. The van der Waals surface area contributed by atoms with Gasteiger partial charge in [-0.05, 0) is 46.3 Å². The zero-order valence-corrected chi connectivity index (χ0v) is 11.9. The molecule has 2 rings (SSSR count). The maximum absolute atomic E-state index is 12.0. The topological polar surface area (TPSA) is 65.8 Å². The van der Waals surface area contributed by atoms with Crippen molar-refractivity contribution in [1.82, 2.24) is 4.98 Å². The lowest BCUT2D eigenvalue weighted by molar-refractivity contribution is 0.102. The molecule has 0 bridgehead atoms. The molecule has 0 spiro atoms. The van der Waals surface area contributed by atoms with Crippen molar-refractivity contribution in [3.63, 3.8) is 0 Å². The summed E-state index contributed by atoms with van der Waals surface area (Å²) in [6.45, 7) is 0. The summed E-state index contributed by atoms with van der Waals surface area (Å²) in [6.07, 6.45) is 1.58. The van der Waals surface area contributed by atoms with Gasteiger partial charge >= 0.3 is 0 Å². The number of rotatable bonds is 2. The van der Waals surface area contributed by atoms with Crippen molar-refractivity contribution in [2.75, 3.05) is 5.32 Å². The molecule has 94 valence electrons. The zero-order chi connectivity index (χ0) is 13.8. The van der Waals surface area contributed by atoms with Crippen LogP contribution in [0.5, 0.6) is 0 Å². The molecular weight excluding hydrogens is 330 g/mol. The molecule has 0 atom stereocenters. The Morgan fingerprint density at radius 1 is 1.42 bits per heavy atom. The summed E-state index contributed by atoms with van der Waals surface area (Å²) < 4.78 is 0.456. The van der Waals surface area contributed by atoms with E-state index in [0.717, 1.165) is 0 Å². The van der Waals surface area contributed by atoms with Gasteiger partial charge in [-0.3, -0.25) is 4.79 Å². The number of nitrogens with one attached hydrogen (secondary N) is 1. The first-order valence-electron chi connectivity index (χ1n) is 5.23. The van der Waals surface area contributed by atoms with Crippen LogP contribution < -0.4 is 5.32 Å². The molecule has 4 nitrogen and oxygen atoms in total. The number of hydrogen-bond acceptors (Lipinski definition) is 3. The highest BCUT2D eigenvalue weighted by atomic mass is 79.9. The first kappa shape index (κ1) is 13.5. The Bertz CT molecular complexity index is 682. The molecule has 0 aliphatic rings. The smallest absolute Gasteiger partial charge is 0.258 e. The molecule has 19 heavy (non-hydrogen) atoms. The summed E-state index contributed by atoms with van der Waals surface area (Å²) in [4.78, 5) is 16.0. The highest BCUT2D eigenvalue weighted by molar-refractivity contribution is 9.10. The molecule has 0 saturated heterocycles. The van der Waals surface area contributed by atoms with E-state index >= 15 is 0 Å². The highest BCUT2D eigenvalue weighted by Crippen LogP contribution is 2.24. The van der Waals surface area contributed by atoms with Gasteiger partial charge in [0.2, 0.25) is 0 Å². The summed E-state index contributed by atoms with van der Waals surface area (Å²) in [6, 6.07) is 9.95. The van der Waals surface area contributed by atoms with Crippen molar-refractivity contribution < 1.29 is 4.79 Å². The number of carbonyl (C=O) groups is 1. The van der Waals surface area contributed by atoms with Crippen LogP contribution in [0.3, 0.4) is 0 Å². The summed E-state index contributed by atoms with van der Waals surface area (Å²) in [5.41, 5.74) is 1.29. The number of anilines is 1. The van der Waals surface area contributed by atoms with Crippen LogP contribution in [-0.2, 0) is 0 Å². The lowest BCUT2D eigenvalue weighted by Crippen LogP contribution is -2.13. The molecule has 0 aliphatic heterocycles. The van der Waals surface area contributed by atoms with E-state index in [1.807, 2.05) is 6.07 Å². The van der Waals surface area contributed by atoms with E-state index in [-0.39, 0.29) is 5.91 Å². The molecule has 1 heterocycles. The Balaban J connectivity index is 2.25. The minimum Gasteiger partial charge on any atom is -0.321 e. The minimum absolute atomic E-state index is 0.312. The SMILES string of the molecule is N#Cc1ccc(NC(=O)c2cccnc2Br)c(Cl)c1. The standard InChI is InChI=1S/C13H7BrClN3O/c14-12-9(2-1-5-17-12)13(19)18-11-4-3-8(7-16)6-10(11)15/h1-6H,(H,18,19). The third-order valence-electron chi connectivity index (χ3n) is 2.35. The number of amides is 1. The van der Waals surface area contributed by atoms with E-state index in [2.05, 4.69) is 26.2 Å². The van der Waals surface area contributed by atoms with E-state index in [0.29, 0.717) is 26.4 Å². The molecule has 1 aromatic carbocycles. The Hall–Kier alpha value is -1.90. The van der Waals surface area contributed by atoms with Crippen LogP contribution >= 0.6 is 27.5 Å². The van der Waals surface area contributed by atoms with Crippen molar-refractivity contribution >= 4 is 39.1 Å². The quantitative estimate of drug-likeness (QED) is 0.852. The zero-order valence-electron chi connectivity index (χ0n) is 9.52. The number of halogens is 2. The van der Waals surface area contributed by atoms with Crippen LogP contribution in [0.4, 0.5) is 5.69 Å². The fourth-order valence-electron chi connectivity index (χ4n) is 1.43.